The van der Waals surface area contributed by atoms with Crippen LogP contribution in [0.1, 0.15) is 6.92 Å². The summed E-state index contributed by atoms with van der Waals surface area (Å²) in [6.45, 7) is 1.23. The SMILES string of the molecule is CNS(=O)(=O)CC(C)=O. The fraction of sp³-hybridized carbons (Fsp3) is 0.750. The summed E-state index contributed by atoms with van der Waals surface area (Å²) >= 11 is 0. The van der Waals surface area contributed by atoms with Crippen molar-refractivity contribution < 1.29 is 13.2 Å². The van der Waals surface area contributed by atoms with Gasteiger partial charge in [-0.05, 0) is 14.0 Å². The van der Waals surface area contributed by atoms with Gasteiger partial charge in [-0.2, -0.15) is 0 Å². The van der Waals surface area contributed by atoms with Gasteiger partial charge < -0.3 is 0 Å². The van der Waals surface area contributed by atoms with Crippen molar-refractivity contribution >= 4 is 15.8 Å². The third kappa shape index (κ3) is 4.11. The maximum Gasteiger partial charge on any atom is 0.218 e. The summed E-state index contributed by atoms with van der Waals surface area (Å²) in [5.41, 5.74) is 0. The molecule has 0 heterocycles. The van der Waals surface area contributed by atoms with Crippen molar-refractivity contribution in [2.45, 2.75) is 6.92 Å². The van der Waals surface area contributed by atoms with E-state index in [1.54, 1.807) is 0 Å². The third-order valence-corrected chi connectivity index (χ3v) is 2.11. The van der Waals surface area contributed by atoms with E-state index < -0.39 is 15.8 Å². The summed E-state index contributed by atoms with van der Waals surface area (Å²) in [7, 11) is -2.04. The Morgan fingerprint density at radius 1 is 1.56 bits per heavy atom. The lowest BCUT2D eigenvalue weighted by molar-refractivity contribution is -0.114. The quantitative estimate of drug-likeness (QED) is 0.570. The van der Waals surface area contributed by atoms with Crippen molar-refractivity contribution in [3.05, 3.63) is 0 Å². The molecule has 0 rings (SSSR count). The van der Waals surface area contributed by atoms with Gasteiger partial charge in [0, 0.05) is 0 Å². The Balaban J connectivity index is 4.06. The first-order chi connectivity index (χ1) is 3.98. The lowest BCUT2D eigenvalue weighted by Crippen LogP contribution is -2.25. The highest BCUT2D eigenvalue weighted by molar-refractivity contribution is 7.90. The van der Waals surface area contributed by atoms with Crippen LogP contribution < -0.4 is 4.72 Å². The van der Waals surface area contributed by atoms with Crippen molar-refractivity contribution in [2.24, 2.45) is 0 Å². The molecule has 1 N–H and O–H groups in total. The highest BCUT2D eigenvalue weighted by Gasteiger charge is 2.08. The van der Waals surface area contributed by atoms with Gasteiger partial charge in [-0.1, -0.05) is 0 Å². The van der Waals surface area contributed by atoms with Crippen LogP contribution in [-0.4, -0.2) is 27.0 Å². The Kier molecular flexibility index (Phi) is 2.80. The molecule has 0 amide bonds. The van der Waals surface area contributed by atoms with Crippen LogP contribution in [0.4, 0.5) is 0 Å². The maximum absolute atomic E-state index is 10.5. The van der Waals surface area contributed by atoms with Crippen molar-refractivity contribution in [3.63, 3.8) is 0 Å². The van der Waals surface area contributed by atoms with Gasteiger partial charge in [0.15, 0.2) is 0 Å². The van der Waals surface area contributed by atoms with Gasteiger partial charge in [0.05, 0.1) is 0 Å². The lowest BCUT2D eigenvalue weighted by Gasteiger charge is -1.95. The molecule has 9 heavy (non-hydrogen) atoms. The van der Waals surface area contributed by atoms with Gasteiger partial charge in [-0.3, -0.25) is 4.79 Å². The van der Waals surface area contributed by atoms with Gasteiger partial charge in [-0.15, -0.1) is 0 Å². The van der Waals surface area contributed by atoms with Crippen molar-refractivity contribution in [3.8, 4) is 0 Å². The highest BCUT2D eigenvalue weighted by atomic mass is 32.2. The van der Waals surface area contributed by atoms with Gasteiger partial charge in [0.2, 0.25) is 10.0 Å². The molecule has 4 nitrogen and oxygen atoms in total. The van der Waals surface area contributed by atoms with Crippen molar-refractivity contribution in [2.75, 3.05) is 12.8 Å². The fourth-order valence-electron chi connectivity index (χ4n) is 0.340. The maximum atomic E-state index is 10.5. The molecule has 0 radical (unpaired) electrons. The van der Waals surface area contributed by atoms with E-state index in [2.05, 4.69) is 0 Å². The van der Waals surface area contributed by atoms with E-state index in [-0.39, 0.29) is 5.78 Å². The molecule has 0 bridgehead atoms. The minimum Gasteiger partial charge on any atom is -0.299 e. The molecular weight excluding hydrogens is 142 g/mol. The van der Waals surface area contributed by atoms with Gasteiger partial charge in [0.25, 0.3) is 0 Å². The average Bonchev–Trinajstić information content (AvgIpc) is 1.63. The first-order valence-corrected chi connectivity index (χ1v) is 4.04. The van der Waals surface area contributed by atoms with E-state index in [1.165, 1.54) is 14.0 Å². The Hall–Kier alpha value is -0.420. The van der Waals surface area contributed by atoms with Crippen LogP contribution in [0, 0.1) is 0 Å². The standard InChI is InChI=1S/C4H9NO3S/c1-4(6)3-9(7,8)5-2/h5H,3H2,1-2H3. The largest absolute Gasteiger partial charge is 0.299 e. The first kappa shape index (κ1) is 8.58. The second kappa shape index (κ2) is 2.93. The molecule has 0 aliphatic rings. The van der Waals surface area contributed by atoms with Crippen LogP contribution in [0.5, 0.6) is 0 Å². The van der Waals surface area contributed by atoms with Crippen LogP contribution in [-0.2, 0) is 14.8 Å². The molecule has 0 unspecified atom stereocenters. The van der Waals surface area contributed by atoms with E-state index >= 15 is 0 Å². The van der Waals surface area contributed by atoms with Crippen LogP contribution in [0.25, 0.3) is 0 Å². The zero-order valence-electron chi connectivity index (χ0n) is 5.34. The molecule has 0 aromatic carbocycles. The minimum atomic E-state index is -3.32. The predicted octanol–water partition coefficient (Wildman–Crippen LogP) is -0.875. The number of hydrogen-bond acceptors (Lipinski definition) is 3. The summed E-state index contributed by atoms with van der Waals surface area (Å²) in [4.78, 5) is 10.2. The minimum absolute atomic E-state index is 0.357. The number of carbonyl (C=O) groups is 1. The third-order valence-electron chi connectivity index (χ3n) is 0.704. The van der Waals surface area contributed by atoms with Crippen molar-refractivity contribution in [1.29, 1.82) is 0 Å². The van der Waals surface area contributed by atoms with Gasteiger partial charge >= 0.3 is 0 Å². The van der Waals surface area contributed by atoms with Gasteiger partial charge in [0.1, 0.15) is 11.5 Å². The molecule has 0 aliphatic carbocycles. The van der Waals surface area contributed by atoms with E-state index in [0.29, 0.717) is 0 Å². The molecular formula is C4H9NO3S. The van der Waals surface area contributed by atoms with Gasteiger partial charge in [-0.25, -0.2) is 13.1 Å². The molecule has 5 heteroatoms. The number of hydrogen-bond donors (Lipinski definition) is 1. The zero-order chi connectivity index (χ0) is 7.49. The summed E-state index contributed by atoms with van der Waals surface area (Å²) in [5, 5.41) is 0. The van der Waals surface area contributed by atoms with E-state index in [1.807, 2.05) is 4.72 Å². The summed E-state index contributed by atoms with van der Waals surface area (Å²) in [6, 6.07) is 0. The number of ketones is 1. The molecule has 0 fully saturated rings. The Morgan fingerprint density at radius 2 is 2.00 bits per heavy atom. The topological polar surface area (TPSA) is 63.2 Å². The van der Waals surface area contributed by atoms with Crippen LogP contribution in [0.3, 0.4) is 0 Å². The number of carbonyl (C=O) groups excluding carboxylic acids is 1. The van der Waals surface area contributed by atoms with E-state index in [4.69, 9.17) is 0 Å². The normalized spacial score (nSPS) is 11.3. The number of Topliss-reactive ketones (excluding diaryl/α,β-unsaturated/α-hetero) is 1. The lowest BCUT2D eigenvalue weighted by atomic mass is 10.5. The molecule has 54 valence electrons. The second-order valence-electron chi connectivity index (χ2n) is 1.67. The molecule has 0 spiro atoms. The molecule has 0 aromatic heterocycles. The smallest absolute Gasteiger partial charge is 0.218 e. The monoisotopic (exact) mass is 151 g/mol. The molecule has 0 saturated carbocycles. The number of nitrogens with one attached hydrogen (secondary N) is 1. The highest BCUT2D eigenvalue weighted by Crippen LogP contribution is 1.81. The van der Waals surface area contributed by atoms with Crippen LogP contribution in [0.2, 0.25) is 0 Å². The molecule has 0 atom stereocenters. The molecule has 0 aromatic rings. The zero-order valence-corrected chi connectivity index (χ0v) is 6.16. The second-order valence-corrected chi connectivity index (χ2v) is 3.59. The van der Waals surface area contributed by atoms with Crippen molar-refractivity contribution in [1.82, 2.24) is 4.72 Å². The fourth-order valence-corrected chi connectivity index (χ4v) is 1.02. The average molecular weight is 151 g/mol. The summed E-state index contributed by atoms with van der Waals surface area (Å²) in [6.07, 6.45) is 0. The predicted molar refractivity (Wildman–Crippen MR) is 33.5 cm³/mol. The molecule has 0 saturated heterocycles. The van der Waals surface area contributed by atoms with Crippen LogP contribution in [0.15, 0.2) is 0 Å². The first-order valence-electron chi connectivity index (χ1n) is 2.38. The van der Waals surface area contributed by atoms with Crippen LogP contribution >= 0.6 is 0 Å². The summed E-state index contributed by atoms with van der Waals surface area (Å²) < 4.78 is 23.0. The summed E-state index contributed by atoms with van der Waals surface area (Å²) in [5.74, 6) is -0.784. The Labute approximate surface area is 54.3 Å². The van der Waals surface area contributed by atoms with E-state index in [0.717, 1.165) is 0 Å². The number of rotatable bonds is 3. The Morgan fingerprint density at radius 3 is 2.11 bits per heavy atom. The molecule has 0 aliphatic heterocycles. The van der Waals surface area contributed by atoms with E-state index in [9.17, 15) is 13.2 Å². The Bertz CT molecular complexity index is 194. The number of sulfonamides is 1.